The maximum Gasteiger partial charge on any atom is 0.285 e. The molecule has 0 spiro atoms. The van der Waals surface area contributed by atoms with E-state index in [4.69, 9.17) is 9.47 Å². The van der Waals surface area contributed by atoms with E-state index < -0.39 is 10.0 Å². The van der Waals surface area contributed by atoms with Gasteiger partial charge in [0, 0.05) is 23.4 Å². The average molecular weight is 490 g/mol. The van der Waals surface area contributed by atoms with Crippen molar-refractivity contribution in [2.45, 2.75) is 23.8 Å². The van der Waals surface area contributed by atoms with Crippen LogP contribution in [-0.4, -0.2) is 44.8 Å². The second kappa shape index (κ2) is 8.42. The van der Waals surface area contributed by atoms with Crippen molar-refractivity contribution in [2.24, 2.45) is 4.40 Å². The van der Waals surface area contributed by atoms with Gasteiger partial charge in [-0.2, -0.15) is 8.42 Å². The van der Waals surface area contributed by atoms with Crippen LogP contribution in [0.3, 0.4) is 0 Å². The lowest BCUT2D eigenvalue weighted by Crippen LogP contribution is -2.30. The number of ether oxygens (including phenoxy) is 2. The SMILES string of the molecule is O=C(c1ccc(NC2=NS(=O)(=O)c3ccccc32)cc1)N1CCC[C@@H]1c1ccc2c(c1)OCCO2. The lowest BCUT2D eigenvalue weighted by atomic mass is 10.0. The van der Waals surface area contributed by atoms with E-state index in [0.717, 1.165) is 29.9 Å². The summed E-state index contributed by atoms with van der Waals surface area (Å²) in [6, 6.07) is 19.6. The van der Waals surface area contributed by atoms with Gasteiger partial charge in [-0.1, -0.05) is 18.2 Å². The number of anilines is 1. The van der Waals surface area contributed by atoms with Crippen LogP contribution in [0.4, 0.5) is 5.69 Å². The largest absolute Gasteiger partial charge is 0.486 e. The van der Waals surface area contributed by atoms with E-state index in [1.54, 1.807) is 48.5 Å². The van der Waals surface area contributed by atoms with Gasteiger partial charge in [-0.05, 0) is 66.9 Å². The third-order valence-corrected chi connectivity index (χ3v) is 7.83. The molecule has 3 aromatic rings. The number of nitrogens with one attached hydrogen (secondary N) is 1. The topological polar surface area (TPSA) is 97.3 Å². The number of carbonyl (C=O) groups excluding carboxylic acids is 1. The second-order valence-corrected chi connectivity index (χ2v) is 10.2. The molecule has 3 aliphatic rings. The van der Waals surface area contributed by atoms with Crippen molar-refractivity contribution in [3.63, 3.8) is 0 Å². The number of carbonyl (C=O) groups is 1. The summed E-state index contributed by atoms with van der Waals surface area (Å²) in [5, 5.41) is 3.07. The fourth-order valence-corrected chi connectivity index (χ4v) is 5.99. The van der Waals surface area contributed by atoms with Crippen molar-refractivity contribution < 1.29 is 22.7 Å². The quantitative estimate of drug-likeness (QED) is 0.597. The van der Waals surface area contributed by atoms with Crippen LogP contribution in [0, 0.1) is 0 Å². The predicted molar refractivity (Wildman–Crippen MR) is 131 cm³/mol. The average Bonchev–Trinajstić information content (AvgIpc) is 3.47. The number of sulfonamides is 1. The van der Waals surface area contributed by atoms with Crippen LogP contribution in [0.5, 0.6) is 11.5 Å². The Hall–Kier alpha value is -3.85. The molecule has 3 aromatic carbocycles. The van der Waals surface area contributed by atoms with E-state index in [0.29, 0.717) is 36.6 Å². The van der Waals surface area contributed by atoms with Crippen LogP contribution in [0.2, 0.25) is 0 Å². The molecule has 1 amide bonds. The molecule has 35 heavy (non-hydrogen) atoms. The van der Waals surface area contributed by atoms with Gasteiger partial charge in [-0.15, -0.1) is 4.40 Å². The van der Waals surface area contributed by atoms with Crippen LogP contribution in [0.15, 0.2) is 76.0 Å². The van der Waals surface area contributed by atoms with Crippen LogP contribution < -0.4 is 14.8 Å². The Balaban J connectivity index is 1.20. The third-order valence-electron chi connectivity index (χ3n) is 6.49. The standard InChI is InChI=1S/C26H23N3O5S/c30-26(29-13-3-5-21(29)18-9-12-22-23(16-18)34-15-14-33-22)17-7-10-19(11-8-17)27-25-20-4-1-2-6-24(20)35(31,32)28-25/h1-2,4,6-12,16,21H,3,5,13-15H2,(H,27,28)/t21-/m1/s1. The van der Waals surface area contributed by atoms with Crippen LogP contribution in [0.25, 0.3) is 0 Å². The number of fused-ring (bicyclic) bond motifs is 2. The molecule has 0 aromatic heterocycles. The lowest BCUT2D eigenvalue weighted by Gasteiger charge is -2.27. The molecule has 0 radical (unpaired) electrons. The summed E-state index contributed by atoms with van der Waals surface area (Å²) in [5.41, 5.74) is 2.79. The number of rotatable bonds is 3. The summed E-state index contributed by atoms with van der Waals surface area (Å²) in [4.78, 5) is 15.5. The molecule has 0 unspecified atom stereocenters. The Bertz CT molecular complexity index is 1450. The molecule has 0 saturated carbocycles. The van der Waals surface area contributed by atoms with Crippen molar-refractivity contribution in [1.29, 1.82) is 0 Å². The van der Waals surface area contributed by atoms with Gasteiger partial charge in [0.2, 0.25) is 0 Å². The molecule has 0 bridgehead atoms. The van der Waals surface area contributed by atoms with Gasteiger partial charge >= 0.3 is 0 Å². The number of hydrogen-bond acceptors (Lipinski definition) is 6. The van der Waals surface area contributed by atoms with Crippen LogP contribution >= 0.6 is 0 Å². The first kappa shape index (κ1) is 21.7. The van der Waals surface area contributed by atoms with E-state index in [-0.39, 0.29) is 22.7 Å². The minimum absolute atomic E-state index is 0.0225. The summed E-state index contributed by atoms with van der Waals surface area (Å²) in [6.07, 6.45) is 1.82. The molecule has 3 aliphatic heterocycles. The molecule has 6 rings (SSSR count). The van der Waals surface area contributed by atoms with Gasteiger partial charge in [-0.25, -0.2) is 0 Å². The Morgan fingerprint density at radius 3 is 2.57 bits per heavy atom. The van der Waals surface area contributed by atoms with E-state index in [1.165, 1.54) is 0 Å². The van der Waals surface area contributed by atoms with Crippen LogP contribution in [-0.2, 0) is 10.0 Å². The van der Waals surface area contributed by atoms with E-state index in [2.05, 4.69) is 9.71 Å². The molecule has 8 nitrogen and oxygen atoms in total. The molecular weight excluding hydrogens is 466 g/mol. The maximum atomic E-state index is 13.4. The minimum atomic E-state index is -3.70. The van der Waals surface area contributed by atoms with Gasteiger partial charge in [-0.3, -0.25) is 4.79 Å². The highest BCUT2D eigenvalue weighted by molar-refractivity contribution is 7.90. The molecule has 3 heterocycles. The normalized spacial score (nSPS) is 19.7. The number of amidine groups is 1. The fraction of sp³-hybridized carbons (Fsp3) is 0.231. The summed E-state index contributed by atoms with van der Waals surface area (Å²) >= 11 is 0. The highest BCUT2D eigenvalue weighted by Crippen LogP contribution is 2.38. The molecule has 1 saturated heterocycles. The smallest absolute Gasteiger partial charge is 0.285 e. The highest BCUT2D eigenvalue weighted by atomic mass is 32.2. The van der Waals surface area contributed by atoms with Gasteiger partial charge in [0.05, 0.1) is 6.04 Å². The molecule has 0 aliphatic carbocycles. The Kier molecular flexibility index (Phi) is 5.21. The first-order valence-electron chi connectivity index (χ1n) is 11.5. The third kappa shape index (κ3) is 3.91. The molecular formula is C26H23N3O5S. The number of benzene rings is 3. The zero-order valence-corrected chi connectivity index (χ0v) is 19.6. The van der Waals surface area contributed by atoms with Crippen LogP contribution in [0.1, 0.15) is 40.4 Å². The summed E-state index contributed by atoms with van der Waals surface area (Å²) in [7, 11) is -3.70. The molecule has 9 heteroatoms. The Labute approximate surface area is 203 Å². The zero-order valence-electron chi connectivity index (χ0n) is 18.8. The summed E-state index contributed by atoms with van der Waals surface area (Å²) in [5.74, 6) is 1.70. The van der Waals surface area contributed by atoms with E-state index >= 15 is 0 Å². The second-order valence-electron chi connectivity index (χ2n) is 8.67. The van der Waals surface area contributed by atoms with Crippen molar-refractivity contribution >= 4 is 27.5 Å². The van der Waals surface area contributed by atoms with Gasteiger partial charge in [0.1, 0.15) is 18.1 Å². The summed E-state index contributed by atoms with van der Waals surface area (Å²) < 4.78 is 39.8. The van der Waals surface area contributed by atoms with Crippen molar-refractivity contribution in [2.75, 3.05) is 25.1 Å². The van der Waals surface area contributed by atoms with Gasteiger partial charge < -0.3 is 19.7 Å². The first-order chi connectivity index (χ1) is 17.0. The maximum absolute atomic E-state index is 13.4. The molecule has 1 N–H and O–H groups in total. The Morgan fingerprint density at radius 2 is 1.74 bits per heavy atom. The first-order valence-corrected chi connectivity index (χ1v) is 13.0. The zero-order chi connectivity index (χ0) is 24.0. The monoisotopic (exact) mass is 489 g/mol. The highest BCUT2D eigenvalue weighted by Gasteiger charge is 2.32. The number of likely N-dealkylation sites (tertiary alicyclic amines) is 1. The Morgan fingerprint density at radius 1 is 0.971 bits per heavy atom. The number of amides is 1. The number of hydrogen-bond donors (Lipinski definition) is 1. The number of nitrogens with zero attached hydrogens (tertiary/aromatic N) is 2. The van der Waals surface area contributed by atoms with Crippen molar-refractivity contribution in [3.8, 4) is 11.5 Å². The molecule has 1 fully saturated rings. The van der Waals surface area contributed by atoms with E-state index in [1.807, 2.05) is 23.1 Å². The molecule has 178 valence electrons. The van der Waals surface area contributed by atoms with Crippen molar-refractivity contribution in [1.82, 2.24) is 4.90 Å². The van der Waals surface area contributed by atoms with E-state index in [9.17, 15) is 13.2 Å². The molecule has 1 atom stereocenters. The van der Waals surface area contributed by atoms with Gasteiger partial charge in [0.25, 0.3) is 15.9 Å². The van der Waals surface area contributed by atoms with Crippen molar-refractivity contribution in [3.05, 3.63) is 83.4 Å². The predicted octanol–water partition coefficient (Wildman–Crippen LogP) is 4.00. The lowest BCUT2D eigenvalue weighted by molar-refractivity contribution is 0.0735. The minimum Gasteiger partial charge on any atom is -0.486 e. The fourth-order valence-electron chi connectivity index (χ4n) is 4.82. The van der Waals surface area contributed by atoms with Gasteiger partial charge in [0.15, 0.2) is 17.3 Å². The summed E-state index contributed by atoms with van der Waals surface area (Å²) in [6.45, 7) is 1.75.